The molecule has 2 aliphatic rings. The summed E-state index contributed by atoms with van der Waals surface area (Å²) in [5.74, 6) is 0.955. The second kappa shape index (κ2) is 5.09. The number of aliphatic hydroxyl groups is 1. The van der Waals surface area contributed by atoms with E-state index < -0.39 is 5.60 Å². The van der Waals surface area contributed by atoms with E-state index in [4.69, 9.17) is 4.42 Å². The monoisotopic (exact) mass is 266 g/mol. The third-order valence-electron chi connectivity index (χ3n) is 4.33. The second-order valence-electron chi connectivity index (χ2n) is 5.68. The summed E-state index contributed by atoms with van der Waals surface area (Å²) in [5, 5.41) is 22.2. The van der Waals surface area contributed by atoms with Gasteiger partial charge in [-0.2, -0.15) is 0 Å². The third kappa shape index (κ3) is 2.47. The molecule has 2 saturated heterocycles. The molecule has 2 fully saturated rings. The van der Waals surface area contributed by atoms with Crippen molar-refractivity contribution in [1.29, 1.82) is 0 Å². The minimum atomic E-state index is -0.506. The van der Waals surface area contributed by atoms with Crippen LogP contribution in [0.1, 0.15) is 32.1 Å². The van der Waals surface area contributed by atoms with Gasteiger partial charge in [-0.1, -0.05) is 12.0 Å². The highest BCUT2D eigenvalue weighted by Gasteiger charge is 2.43. The molecule has 0 saturated carbocycles. The predicted molar refractivity (Wildman–Crippen MR) is 71.0 cm³/mol. The lowest BCUT2D eigenvalue weighted by Gasteiger charge is -2.46. The second-order valence-corrected chi connectivity index (χ2v) is 5.68. The zero-order valence-electron chi connectivity index (χ0n) is 11.4. The minimum absolute atomic E-state index is 0.247. The average molecular weight is 266 g/mol. The Morgan fingerprint density at radius 3 is 3.21 bits per heavy atom. The smallest absolute Gasteiger partial charge is 0.318 e. The summed E-state index contributed by atoms with van der Waals surface area (Å²) < 4.78 is 5.68. The maximum Gasteiger partial charge on any atom is 0.318 e. The summed E-state index contributed by atoms with van der Waals surface area (Å²) >= 11 is 0. The van der Waals surface area contributed by atoms with E-state index in [0.717, 1.165) is 51.9 Å². The van der Waals surface area contributed by atoms with E-state index in [9.17, 15) is 5.11 Å². The van der Waals surface area contributed by atoms with Gasteiger partial charge in [-0.05, 0) is 25.8 Å². The van der Waals surface area contributed by atoms with Crippen molar-refractivity contribution in [2.75, 3.05) is 31.1 Å². The van der Waals surface area contributed by atoms with Crippen LogP contribution in [0.15, 0.2) is 4.42 Å². The first-order chi connectivity index (χ1) is 9.21. The first kappa shape index (κ1) is 12.9. The molecule has 19 heavy (non-hydrogen) atoms. The van der Waals surface area contributed by atoms with Gasteiger partial charge < -0.3 is 19.7 Å². The van der Waals surface area contributed by atoms with Crippen molar-refractivity contribution >= 4 is 6.01 Å². The zero-order chi connectivity index (χ0) is 13.3. The van der Waals surface area contributed by atoms with E-state index in [1.165, 1.54) is 0 Å². The van der Waals surface area contributed by atoms with Gasteiger partial charge in [-0.15, -0.1) is 5.10 Å². The number of aromatic nitrogens is 2. The molecule has 0 bridgehead atoms. The van der Waals surface area contributed by atoms with Gasteiger partial charge in [0.1, 0.15) is 0 Å². The number of aryl methyl sites for hydroxylation is 1. The fraction of sp³-hybridized carbons (Fsp3) is 0.846. The Morgan fingerprint density at radius 1 is 1.47 bits per heavy atom. The van der Waals surface area contributed by atoms with Gasteiger partial charge in [0, 0.05) is 32.0 Å². The lowest BCUT2D eigenvalue weighted by molar-refractivity contribution is -0.0545. The number of hydrogen-bond donors (Lipinski definition) is 2. The molecule has 1 aromatic heterocycles. The van der Waals surface area contributed by atoms with Gasteiger partial charge in [0.15, 0.2) is 0 Å². The molecule has 3 rings (SSSR count). The van der Waals surface area contributed by atoms with Crippen molar-refractivity contribution in [1.82, 2.24) is 15.5 Å². The fourth-order valence-electron chi connectivity index (χ4n) is 3.09. The minimum Gasteiger partial charge on any atom is -0.408 e. The lowest BCUT2D eigenvalue weighted by atomic mass is 9.76. The Bertz CT molecular complexity index is 436. The summed E-state index contributed by atoms with van der Waals surface area (Å²) in [6, 6.07) is 0.607. The van der Waals surface area contributed by atoms with Crippen molar-refractivity contribution in [2.45, 2.75) is 38.2 Å². The van der Waals surface area contributed by atoms with Crippen molar-refractivity contribution < 1.29 is 9.52 Å². The van der Waals surface area contributed by atoms with Gasteiger partial charge in [-0.25, -0.2) is 0 Å². The van der Waals surface area contributed by atoms with Crippen LogP contribution in [-0.2, 0) is 6.42 Å². The normalized spacial score (nSPS) is 31.3. The molecule has 0 aromatic carbocycles. The highest BCUT2D eigenvalue weighted by atomic mass is 16.4. The number of fused-ring (bicyclic) bond motifs is 1. The molecule has 6 nitrogen and oxygen atoms in total. The number of piperidine rings is 2. The first-order valence-corrected chi connectivity index (χ1v) is 7.22. The Balaban J connectivity index is 1.69. The number of hydrogen-bond acceptors (Lipinski definition) is 6. The summed E-state index contributed by atoms with van der Waals surface area (Å²) in [6.07, 6.45) is 3.46. The maximum absolute atomic E-state index is 10.6. The van der Waals surface area contributed by atoms with Crippen LogP contribution in [0.2, 0.25) is 0 Å². The van der Waals surface area contributed by atoms with Crippen molar-refractivity contribution in [3.8, 4) is 0 Å². The summed E-state index contributed by atoms with van der Waals surface area (Å²) in [4.78, 5) is 2.11. The Kier molecular flexibility index (Phi) is 3.45. The van der Waals surface area contributed by atoms with Gasteiger partial charge in [-0.3, -0.25) is 0 Å². The molecule has 0 radical (unpaired) electrons. The molecule has 106 valence electrons. The first-order valence-electron chi connectivity index (χ1n) is 7.22. The van der Waals surface area contributed by atoms with Crippen LogP contribution >= 0.6 is 0 Å². The van der Waals surface area contributed by atoms with E-state index in [1.54, 1.807) is 0 Å². The van der Waals surface area contributed by atoms with E-state index in [-0.39, 0.29) is 5.92 Å². The van der Waals surface area contributed by atoms with Crippen LogP contribution in [0.3, 0.4) is 0 Å². The van der Waals surface area contributed by atoms with E-state index >= 15 is 0 Å². The van der Waals surface area contributed by atoms with E-state index in [2.05, 4.69) is 27.3 Å². The van der Waals surface area contributed by atoms with Crippen molar-refractivity contribution in [3.63, 3.8) is 0 Å². The molecular formula is C13H22N4O2. The molecule has 0 amide bonds. The van der Waals surface area contributed by atoms with Crippen LogP contribution in [0.4, 0.5) is 6.01 Å². The average Bonchev–Trinajstić information content (AvgIpc) is 2.87. The molecule has 0 unspecified atom stereocenters. The number of anilines is 1. The Labute approximate surface area is 113 Å². The van der Waals surface area contributed by atoms with Crippen LogP contribution in [0.25, 0.3) is 0 Å². The number of nitrogens with zero attached hydrogens (tertiary/aromatic N) is 3. The van der Waals surface area contributed by atoms with Gasteiger partial charge in [0.25, 0.3) is 0 Å². The standard InChI is InChI=1S/C13H22N4O2/c1-2-3-11-15-16-12(19-11)17-7-5-13(18)4-6-14-8-10(13)9-17/h10,14,18H,2-9H2,1H3/t10-,13-/m0/s1. The SMILES string of the molecule is CCCc1nnc(N2CC[C@@]3(O)CCNC[C@H]3C2)o1. The van der Waals surface area contributed by atoms with Crippen LogP contribution in [-0.4, -0.2) is 47.1 Å². The molecule has 2 aliphatic heterocycles. The summed E-state index contributed by atoms with van der Waals surface area (Å²) in [5.41, 5.74) is -0.506. The highest BCUT2D eigenvalue weighted by Crippen LogP contribution is 2.34. The quantitative estimate of drug-likeness (QED) is 0.833. The lowest BCUT2D eigenvalue weighted by Crippen LogP contribution is -2.59. The Hall–Kier alpha value is -1.14. The highest BCUT2D eigenvalue weighted by molar-refractivity contribution is 5.27. The topological polar surface area (TPSA) is 74.4 Å². The van der Waals surface area contributed by atoms with E-state index in [0.29, 0.717) is 11.9 Å². The summed E-state index contributed by atoms with van der Waals surface area (Å²) in [6.45, 7) is 5.45. The molecule has 0 aliphatic carbocycles. The molecule has 6 heteroatoms. The van der Waals surface area contributed by atoms with Gasteiger partial charge in [0.05, 0.1) is 5.60 Å². The maximum atomic E-state index is 10.6. The van der Waals surface area contributed by atoms with Gasteiger partial charge >= 0.3 is 6.01 Å². The fourth-order valence-corrected chi connectivity index (χ4v) is 3.09. The molecular weight excluding hydrogens is 244 g/mol. The molecule has 2 N–H and O–H groups in total. The van der Waals surface area contributed by atoms with Crippen LogP contribution in [0, 0.1) is 5.92 Å². The van der Waals surface area contributed by atoms with Gasteiger partial charge in [0.2, 0.25) is 5.89 Å². The third-order valence-corrected chi connectivity index (χ3v) is 4.33. The van der Waals surface area contributed by atoms with Crippen molar-refractivity contribution in [2.24, 2.45) is 5.92 Å². The van der Waals surface area contributed by atoms with E-state index in [1.807, 2.05) is 0 Å². The largest absolute Gasteiger partial charge is 0.408 e. The predicted octanol–water partition coefficient (Wildman–Crippen LogP) is 0.573. The van der Waals surface area contributed by atoms with Crippen molar-refractivity contribution in [3.05, 3.63) is 5.89 Å². The molecule has 1 aromatic rings. The number of rotatable bonds is 3. The summed E-state index contributed by atoms with van der Waals surface area (Å²) in [7, 11) is 0. The van der Waals surface area contributed by atoms with Crippen LogP contribution in [0.5, 0.6) is 0 Å². The zero-order valence-corrected chi connectivity index (χ0v) is 11.4. The Morgan fingerprint density at radius 2 is 2.37 bits per heavy atom. The van der Waals surface area contributed by atoms with Crippen LogP contribution < -0.4 is 10.2 Å². The molecule has 2 atom stereocenters. The molecule has 0 spiro atoms. The number of nitrogens with one attached hydrogen (secondary N) is 1. The molecule has 3 heterocycles.